The van der Waals surface area contributed by atoms with Gasteiger partial charge in [0.25, 0.3) is 0 Å². The maximum absolute atomic E-state index is 13.5. The molecule has 0 spiro atoms. The van der Waals surface area contributed by atoms with Crippen molar-refractivity contribution >= 4 is 17.3 Å². The van der Waals surface area contributed by atoms with Gasteiger partial charge in [0.05, 0.1) is 5.69 Å². The lowest BCUT2D eigenvalue weighted by molar-refractivity contribution is 0.496. The molecule has 106 valence electrons. The Morgan fingerprint density at radius 2 is 1.65 bits per heavy atom. The summed E-state index contributed by atoms with van der Waals surface area (Å²) in [6.45, 7) is 3.74. The van der Waals surface area contributed by atoms with Crippen LogP contribution in [-0.2, 0) is 0 Å². The van der Waals surface area contributed by atoms with Crippen LogP contribution in [0.15, 0.2) is 18.2 Å². The van der Waals surface area contributed by atoms with Crippen LogP contribution in [0.4, 0.5) is 30.5 Å². The quantitative estimate of drug-likeness (QED) is 0.847. The fourth-order valence-electron chi connectivity index (χ4n) is 1.56. The average molecular weight is 282 g/mol. The highest BCUT2D eigenvalue weighted by atomic mass is 19.2. The summed E-state index contributed by atoms with van der Waals surface area (Å²) in [5.41, 5.74) is 5.40. The number of nitrogen functional groups attached to an aromatic ring is 1. The lowest BCUT2D eigenvalue weighted by Gasteiger charge is -2.11. The number of nitrogens with two attached hydrogens (primary N) is 1. The van der Waals surface area contributed by atoms with Gasteiger partial charge in [0.1, 0.15) is 23.3 Å². The molecule has 0 aliphatic rings. The zero-order valence-corrected chi connectivity index (χ0v) is 10.9. The molecule has 20 heavy (non-hydrogen) atoms. The second kappa shape index (κ2) is 5.36. The van der Waals surface area contributed by atoms with Gasteiger partial charge in [0.15, 0.2) is 11.6 Å². The van der Waals surface area contributed by atoms with E-state index < -0.39 is 17.5 Å². The molecular weight excluding hydrogens is 269 g/mol. The van der Waals surface area contributed by atoms with Crippen molar-refractivity contribution in [3.8, 4) is 0 Å². The first-order chi connectivity index (χ1) is 9.36. The van der Waals surface area contributed by atoms with Gasteiger partial charge in [-0.25, -0.2) is 23.1 Å². The Hall–Kier alpha value is -2.31. The van der Waals surface area contributed by atoms with Crippen molar-refractivity contribution in [2.75, 3.05) is 11.1 Å². The van der Waals surface area contributed by atoms with Gasteiger partial charge < -0.3 is 11.1 Å². The summed E-state index contributed by atoms with van der Waals surface area (Å²) < 4.78 is 39.5. The van der Waals surface area contributed by atoms with Crippen LogP contribution >= 0.6 is 0 Å². The molecule has 0 saturated heterocycles. The number of aromatic nitrogens is 2. The van der Waals surface area contributed by atoms with Crippen molar-refractivity contribution in [2.45, 2.75) is 19.8 Å². The van der Waals surface area contributed by atoms with Crippen LogP contribution in [0.5, 0.6) is 0 Å². The van der Waals surface area contributed by atoms with Crippen molar-refractivity contribution in [1.29, 1.82) is 0 Å². The molecule has 0 saturated carbocycles. The molecule has 0 amide bonds. The first-order valence-corrected chi connectivity index (χ1v) is 5.93. The van der Waals surface area contributed by atoms with Gasteiger partial charge >= 0.3 is 0 Å². The highest BCUT2D eigenvalue weighted by Gasteiger charge is 2.12. The van der Waals surface area contributed by atoms with Gasteiger partial charge in [-0.15, -0.1) is 0 Å². The molecule has 0 atom stereocenters. The zero-order valence-electron chi connectivity index (χ0n) is 10.9. The van der Waals surface area contributed by atoms with E-state index in [0.717, 1.165) is 6.07 Å². The highest BCUT2D eigenvalue weighted by molar-refractivity contribution is 5.59. The normalized spacial score (nSPS) is 10.9. The van der Waals surface area contributed by atoms with Crippen LogP contribution in [0.2, 0.25) is 0 Å². The fourth-order valence-corrected chi connectivity index (χ4v) is 1.56. The maximum Gasteiger partial charge on any atom is 0.161 e. The number of benzene rings is 1. The smallest absolute Gasteiger partial charge is 0.161 e. The van der Waals surface area contributed by atoms with Crippen molar-refractivity contribution in [3.05, 3.63) is 41.5 Å². The van der Waals surface area contributed by atoms with Crippen molar-refractivity contribution in [1.82, 2.24) is 9.97 Å². The van der Waals surface area contributed by atoms with Gasteiger partial charge in [-0.05, 0) is 0 Å². The molecule has 2 rings (SSSR count). The Kier molecular flexibility index (Phi) is 3.78. The Balaban J connectivity index is 2.37. The summed E-state index contributed by atoms with van der Waals surface area (Å²) in [4.78, 5) is 8.16. The van der Waals surface area contributed by atoms with Gasteiger partial charge in [0, 0.05) is 24.1 Å². The number of hydrogen-bond donors (Lipinski definition) is 2. The minimum absolute atomic E-state index is 0.0221. The Morgan fingerprint density at radius 1 is 1.00 bits per heavy atom. The van der Waals surface area contributed by atoms with Crippen molar-refractivity contribution in [2.24, 2.45) is 0 Å². The van der Waals surface area contributed by atoms with Crippen LogP contribution in [-0.4, -0.2) is 9.97 Å². The molecule has 1 aromatic heterocycles. The van der Waals surface area contributed by atoms with E-state index in [2.05, 4.69) is 15.3 Å². The molecule has 0 radical (unpaired) electrons. The van der Waals surface area contributed by atoms with Crippen LogP contribution in [0, 0.1) is 17.5 Å². The Labute approximate surface area is 113 Å². The fraction of sp³-hybridized carbons (Fsp3) is 0.231. The lowest BCUT2D eigenvalue weighted by atomic mass is 10.2. The topological polar surface area (TPSA) is 63.8 Å². The largest absolute Gasteiger partial charge is 0.384 e. The molecule has 0 fully saturated rings. The number of nitrogens with one attached hydrogen (secondary N) is 1. The predicted molar refractivity (Wildman–Crippen MR) is 70.1 cm³/mol. The molecule has 4 nitrogen and oxygen atoms in total. The third-order valence-electron chi connectivity index (χ3n) is 2.55. The van der Waals surface area contributed by atoms with E-state index in [9.17, 15) is 13.2 Å². The molecule has 7 heteroatoms. The highest BCUT2D eigenvalue weighted by Crippen LogP contribution is 2.23. The number of halogens is 3. The number of anilines is 3. The van der Waals surface area contributed by atoms with Crippen molar-refractivity contribution in [3.63, 3.8) is 0 Å². The van der Waals surface area contributed by atoms with E-state index in [-0.39, 0.29) is 23.2 Å². The van der Waals surface area contributed by atoms with E-state index in [1.54, 1.807) is 0 Å². The maximum atomic E-state index is 13.5. The van der Waals surface area contributed by atoms with E-state index in [0.29, 0.717) is 11.9 Å². The molecule has 0 aliphatic carbocycles. The summed E-state index contributed by atoms with van der Waals surface area (Å²) in [6, 6.07) is 2.57. The summed E-state index contributed by atoms with van der Waals surface area (Å²) in [7, 11) is 0. The second-order valence-electron chi connectivity index (χ2n) is 4.56. The number of hydrogen-bond acceptors (Lipinski definition) is 4. The SMILES string of the molecule is CC(C)c1nc(N)cc(Nc2cc(F)c(F)cc2F)n1. The van der Waals surface area contributed by atoms with Gasteiger partial charge in [0.2, 0.25) is 0 Å². The van der Waals surface area contributed by atoms with Crippen LogP contribution in [0.25, 0.3) is 0 Å². The van der Waals surface area contributed by atoms with Gasteiger partial charge in [-0.1, -0.05) is 13.8 Å². The molecule has 0 bridgehead atoms. The van der Waals surface area contributed by atoms with Crippen molar-refractivity contribution < 1.29 is 13.2 Å². The summed E-state index contributed by atoms with van der Waals surface area (Å²) in [6.07, 6.45) is 0. The average Bonchev–Trinajstić information content (AvgIpc) is 2.35. The molecule has 2 aromatic rings. The van der Waals surface area contributed by atoms with E-state index >= 15 is 0 Å². The van der Waals surface area contributed by atoms with Crippen LogP contribution < -0.4 is 11.1 Å². The third kappa shape index (κ3) is 2.98. The van der Waals surface area contributed by atoms with E-state index in [1.165, 1.54) is 6.07 Å². The van der Waals surface area contributed by atoms with Crippen LogP contribution in [0.1, 0.15) is 25.6 Å². The minimum Gasteiger partial charge on any atom is -0.384 e. The Morgan fingerprint density at radius 3 is 2.30 bits per heavy atom. The van der Waals surface area contributed by atoms with E-state index in [4.69, 9.17) is 5.73 Å². The summed E-state index contributed by atoms with van der Waals surface area (Å²) >= 11 is 0. The summed E-state index contributed by atoms with van der Waals surface area (Å²) in [5.74, 6) is -2.42. The number of rotatable bonds is 3. The van der Waals surface area contributed by atoms with Gasteiger partial charge in [-0.3, -0.25) is 0 Å². The standard InChI is InChI=1S/C13H13F3N4/c1-6(2)13-19-11(17)5-12(20-13)18-10-4-8(15)7(14)3-9(10)16/h3-6H,1-2H3,(H3,17,18,19,20). The molecule has 0 aliphatic heterocycles. The third-order valence-corrected chi connectivity index (χ3v) is 2.55. The zero-order chi connectivity index (χ0) is 14.9. The lowest BCUT2D eigenvalue weighted by Crippen LogP contribution is -2.06. The molecule has 1 heterocycles. The van der Waals surface area contributed by atoms with E-state index in [1.807, 2.05) is 13.8 Å². The molecule has 3 N–H and O–H groups in total. The monoisotopic (exact) mass is 282 g/mol. The molecule has 0 unspecified atom stereocenters. The predicted octanol–water partition coefficient (Wildman–Crippen LogP) is 3.34. The Bertz CT molecular complexity index is 644. The van der Waals surface area contributed by atoms with Gasteiger partial charge in [-0.2, -0.15) is 0 Å². The first-order valence-electron chi connectivity index (χ1n) is 5.93. The second-order valence-corrected chi connectivity index (χ2v) is 4.56. The molecule has 1 aromatic carbocycles. The molecular formula is C13H13F3N4. The summed E-state index contributed by atoms with van der Waals surface area (Å²) in [5, 5.41) is 2.56. The van der Waals surface area contributed by atoms with Crippen LogP contribution in [0.3, 0.4) is 0 Å². The first kappa shape index (κ1) is 14.1. The minimum atomic E-state index is -1.25. The number of nitrogens with zero attached hydrogens (tertiary/aromatic N) is 2.